The zero-order chi connectivity index (χ0) is 27.2. The number of fused-ring (bicyclic) bond motifs is 1. The molecule has 0 saturated carbocycles. The van der Waals surface area contributed by atoms with E-state index in [1.807, 2.05) is 66.2 Å². The molecule has 1 fully saturated rings. The van der Waals surface area contributed by atoms with Crippen LogP contribution in [0.25, 0.3) is 16.2 Å². The molecule has 4 aromatic rings. The standard InChI is InChI=1S/C29H33ClN4O4S/c1-20(22-6-2-3-7-23(22)30)38-25-16-26(39-27(25)17-28(31)35)24-18-32-29-9-8-21(19-34(24)29)37-13-5-4-10-33-11-14-36-15-12-33/h2-3,6-9,16,18-20H,4-5,10-15,17H2,1H3,(H2,31,35). The number of imidazole rings is 1. The maximum Gasteiger partial charge on any atom is 0.222 e. The molecule has 39 heavy (non-hydrogen) atoms. The monoisotopic (exact) mass is 568 g/mol. The number of primary amides is 1. The number of ether oxygens (including phenoxy) is 3. The van der Waals surface area contributed by atoms with Crippen LogP contribution < -0.4 is 15.2 Å². The summed E-state index contributed by atoms with van der Waals surface area (Å²) in [7, 11) is 0. The van der Waals surface area contributed by atoms with Gasteiger partial charge in [-0.15, -0.1) is 11.3 Å². The molecular weight excluding hydrogens is 536 g/mol. The highest BCUT2D eigenvalue weighted by atomic mass is 35.5. The van der Waals surface area contributed by atoms with Gasteiger partial charge in [-0.2, -0.15) is 0 Å². The largest absolute Gasteiger partial charge is 0.492 e. The number of carbonyl (C=O) groups is 1. The van der Waals surface area contributed by atoms with Crippen molar-refractivity contribution in [2.75, 3.05) is 39.5 Å². The number of nitrogens with zero attached hydrogens (tertiary/aromatic N) is 3. The number of benzene rings is 1. The van der Waals surface area contributed by atoms with Gasteiger partial charge in [0, 0.05) is 29.7 Å². The molecule has 0 radical (unpaired) electrons. The fourth-order valence-electron chi connectivity index (χ4n) is 4.66. The maximum atomic E-state index is 11.8. The van der Waals surface area contributed by atoms with Crippen LogP contribution in [0.5, 0.6) is 11.5 Å². The number of halogens is 1. The number of aromatic nitrogens is 2. The van der Waals surface area contributed by atoms with Crippen molar-refractivity contribution >= 4 is 34.5 Å². The van der Waals surface area contributed by atoms with Gasteiger partial charge in [0.1, 0.15) is 23.3 Å². The Bertz CT molecular complexity index is 1420. The Morgan fingerprint density at radius 2 is 2.03 bits per heavy atom. The third-order valence-corrected chi connectivity index (χ3v) is 8.21. The molecule has 1 aromatic carbocycles. The molecule has 1 saturated heterocycles. The van der Waals surface area contributed by atoms with Crippen LogP contribution in [0.1, 0.15) is 36.3 Å². The highest BCUT2D eigenvalue weighted by Gasteiger charge is 2.20. The summed E-state index contributed by atoms with van der Waals surface area (Å²) in [6, 6.07) is 13.4. The van der Waals surface area contributed by atoms with Crippen molar-refractivity contribution in [1.82, 2.24) is 14.3 Å². The summed E-state index contributed by atoms with van der Waals surface area (Å²) in [6.07, 6.45) is 5.63. The van der Waals surface area contributed by atoms with E-state index in [0.717, 1.165) is 78.1 Å². The Balaban J connectivity index is 1.30. The summed E-state index contributed by atoms with van der Waals surface area (Å²) < 4.78 is 19.8. The molecule has 1 amide bonds. The highest BCUT2D eigenvalue weighted by molar-refractivity contribution is 7.15. The van der Waals surface area contributed by atoms with Gasteiger partial charge in [0.2, 0.25) is 5.91 Å². The van der Waals surface area contributed by atoms with Crippen molar-refractivity contribution in [3.8, 4) is 22.1 Å². The molecule has 10 heteroatoms. The Hall–Kier alpha value is -3.11. The Morgan fingerprint density at radius 1 is 1.21 bits per heavy atom. The van der Waals surface area contributed by atoms with Crippen molar-refractivity contribution in [3.05, 3.63) is 70.3 Å². The molecule has 1 atom stereocenters. The number of rotatable bonds is 12. The van der Waals surface area contributed by atoms with Gasteiger partial charge in [-0.3, -0.25) is 14.1 Å². The second-order valence-corrected chi connectivity index (χ2v) is 11.1. The first-order valence-electron chi connectivity index (χ1n) is 13.2. The zero-order valence-corrected chi connectivity index (χ0v) is 23.5. The quantitative estimate of drug-likeness (QED) is 0.231. The lowest BCUT2D eigenvalue weighted by Gasteiger charge is -2.26. The SMILES string of the molecule is CC(Oc1cc(-c2cnc3ccc(OCCCCN4CCOCC4)cn23)sc1CC(N)=O)c1ccccc1Cl. The van der Waals surface area contributed by atoms with Gasteiger partial charge in [0.25, 0.3) is 0 Å². The topological polar surface area (TPSA) is 91.3 Å². The third-order valence-electron chi connectivity index (χ3n) is 6.72. The van der Waals surface area contributed by atoms with Crippen molar-refractivity contribution in [1.29, 1.82) is 0 Å². The molecule has 1 aliphatic rings. The number of pyridine rings is 1. The first-order chi connectivity index (χ1) is 19.0. The summed E-state index contributed by atoms with van der Waals surface area (Å²) in [6.45, 7) is 7.33. The molecular formula is C29H33ClN4O4S. The van der Waals surface area contributed by atoms with Gasteiger partial charge >= 0.3 is 0 Å². The average molecular weight is 569 g/mol. The van der Waals surface area contributed by atoms with Gasteiger partial charge in [-0.25, -0.2) is 4.98 Å². The first kappa shape index (κ1) is 27.5. The van der Waals surface area contributed by atoms with Crippen LogP contribution in [0, 0.1) is 0 Å². The lowest BCUT2D eigenvalue weighted by molar-refractivity contribution is -0.117. The number of nitrogens with two attached hydrogens (primary N) is 1. The summed E-state index contributed by atoms with van der Waals surface area (Å²) in [5, 5.41) is 0.632. The fraction of sp³-hybridized carbons (Fsp3) is 0.379. The maximum absolute atomic E-state index is 11.8. The van der Waals surface area contributed by atoms with Gasteiger partial charge < -0.3 is 19.9 Å². The van der Waals surface area contributed by atoms with Gasteiger partial charge in [-0.05, 0) is 44.5 Å². The number of morpholine rings is 1. The highest BCUT2D eigenvalue weighted by Crippen LogP contribution is 2.39. The molecule has 206 valence electrons. The van der Waals surface area contributed by atoms with Crippen LogP contribution in [0.15, 0.2) is 54.9 Å². The normalized spacial score (nSPS) is 14.9. The van der Waals surface area contributed by atoms with Crippen LogP contribution in [0.4, 0.5) is 0 Å². The van der Waals surface area contributed by atoms with Gasteiger partial charge in [0.05, 0.1) is 54.1 Å². The van der Waals surface area contributed by atoms with E-state index in [1.54, 1.807) is 0 Å². The Morgan fingerprint density at radius 3 is 2.82 bits per heavy atom. The van der Waals surface area contributed by atoms with Crippen molar-refractivity contribution < 1.29 is 19.0 Å². The Labute approximate surface area is 237 Å². The van der Waals surface area contributed by atoms with Gasteiger partial charge in [0.15, 0.2) is 0 Å². The minimum Gasteiger partial charge on any atom is -0.492 e. The lowest BCUT2D eigenvalue weighted by atomic mass is 10.1. The average Bonchev–Trinajstić information content (AvgIpc) is 3.52. The molecule has 2 N–H and O–H groups in total. The Kier molecular flexibility index (Phi) is 9.03. The van der Waals surface area contributed by atoms with Crippen molar-refractivity contribution in [2.24, 2.45) is 5.73 Å². The number of carbonyl (C=O) groups excluding carboxylic acids is 1. The van der Waals surface area contributed by atoms with E-state index in [-0.39, 0.29) is 12.5 Å². The number of unbranched alkanes of at least 4 members (excludes halogenated alkanes) is 1. The molecule has 4 heterocycles. The van der Waals surface area contributed by atoms with Crippen LogP contribution >= 0.6 is 22.9 Å². The first-order valence-corrected chi connectivity index (χ1v) is 14.4. The fourth-order valence-corrected chi connectivity index (χ4v) is 6.06. The van der Waals surface area contributed by atoms with E-state index in [4.69, 9.17) is 31.5 Å². The summed E-state index contributed by atoms with van der Waals surface area (Å²) in [4.78, 5) is 20.5. The van der Waals surface area contributed by atoms with Crippen LogP contribution in [-0.4, -0.2) is 59.6 Å². The van der Waals surface area contributed by atoms with E-state index in [0.29, 0.717) is 17.4 Å². The number of hydrogen-bond donors (Lipinski definition) is 1. The predicted octanol–water partition coefficient (Wildman–Crippen LogP) is 5.38. The van der Waals surface area contributed by atoms with E-state index >= 15 is 0 Å². The van der Waals surface area contributed by atoms with Gasteiger partial charge in [-0.1, -0.05) is 29.8 Å². The number of hydrogen-bond acceptors (Lipinski definition) is 7. The van der Waals surface area contributed by atoms with E-state index in [1.165, 1.54) is 11.3 Å². The summed E-state index contributed by atoms with van der Waals surface area (Å²) in [5.74, 6) is 0.982. The lowest BCUT2D eigenvalue weighted by Crippen LogP contribution is -2.36. The molecule has 8 nitrogen and oxygen atoms in total. The van der Waals surface area contributed by atoms with Crippen LogP contribution in [0.3, 0.4) is 0 Å². The summed E-state index contributed by atoms with van der Waals surface area (Å²) >= 11 is 7.86. The molecule has 0 bridgehead atoms. The minimum atomic E-state index is -0.416. The molecule has 0 aliphatic carbocycles. The second-order valence-electron chi connectivity index (χ2n) is 9.57. The van der Waals surface area contributed by atoms with Crippen LogP contribution in [0.2, 0.25) is 5.02 Å². The summed E-state index contributed by atoms with van der Waals surface area (Å²) in [5.41, 5.74) is 8.13. The van der Waals surface area contributed by atoms with E-state index in [9.17, 15) is 4.79 Å². The molecule has 0 spiro atoms. The van der Waals surface area contributed by atoms with E-state index < -0.39 is 5.91 Å². The van der Waals surface area contributed by atoms with E-state index in [2.05, 4.69) is 9.88 Å². The number of amides is 1. The molecule has 3 aromatic heterocycles. The van der Waals surface area contributed by atoms with Crippen molar-refractivity contribution in [3.63, 3.8) is 0 Å². The minimum absolute atomic E-state index is 0.0881. The molecule has 5 rings (SSSR count). The number of thiophene rings is 1. The van der Waals surface area contributed by atoms with Crippen LogP contribution in [-0.2, 0) is 16.0 Å². The third kappa shape index (κ3) is 6.91. The smallest absolute Gasteiger partial charge is 0.222 e. The predicted molar refractivity (Wildman–Crippen MR) is 154 cm³/mol. The molecule has 1 aliphatic heterocycles. The second kappa shape index (κ2) is 12.8. The van der Waals surface area contributed by atoms with Crippen molar-refractivity contribution in [2.45, 2.75) is 32.3 Å². The molecule has 1 unspecified atom stereocenters. The zero-order valence-electron chi connectivity index (χ0n) is 22.0.